The van der Waals surface area contributed by atoms with Crippen molar-refractivity contribution in [2.75, 3.05) is 6.61 Å². The topological polar surface area (TPSA) is 20.2 Å². The van der Waals surface area contributed by atoms with Crippen molar-refractivity contribution in [3.8, 4) is 0 Å². The summed E-state index contributed by atoms with van der Waals surface area (Å²) in [6.07, 6.45) is 5.08. The van der Waals surface area contributed by atoms with Crippen LogP contribution in [0.4, 0.5) is 0 Å². The molecule has 0 aliphatic carbocycles. The van der Waals surface area contributed by atoms with Crippen LogP contribution in [0.1, 0.15) is 33.1 Å². The molecule has 0 aliphatic rings. The van der Waals surface area contributed by atoms with Gasteiger partial charge in [-0.25, -0.2) is 0 Å². The normalized spacial score (nSPS) is 6.70. The molecule has 0 aromatic heterocycles. The van der Waals surface area contributed by atoms with Gasteiger partial charge in [0.2, 0.25) is 0 Å². The van der Waals surface area contributed by atoms with Gasteiger partial charge in [-0.2, -0.15) is 0 Å². The van der Waals surface area contributed by atoms with Crippen molar-refractivity contribution in [3.63, 3.8) is 0 Å². The second kappa shape index (κ2) is 22.7. The van der Waals surface area contributed by atoms with Gasteiger partial charge < -0.3 is 5.11 Å². The Morgan fingerprint density at radius 2 is 1.80 bits per heavy atom. The minimum absolute atomic E-state index is 0. The Balaban J connectivity index is -0.000000107. The zero-order chi connectivity index (χ0) is 7.54. The molecule has 10 heavy (non-hydrogen) atoms. The first-order valence-corrected chi connectivity index (χ1v) is 3.51. The van der Waals surface area contributed by atoms with E-state index in [-0.39, 0.29) is 21.7 Å². The van der Waals surface area contributed by atoms with Gasteiger partial charge in [0.15, 0.2) is 0 Å². The molecule has 0 rings (SSSR count). The van der Waals surface area contributed by atoms with Crippen molar-refractivity contribution < 1.29 is 26.8 Å². The minimum Gasteiger partial charge on any atom is -0.396 e. The number of rotatable bonds is 3. The molecule has 0 radical (unpaired) electrons. The molecular formula is C8H18OTi. The van der Waals surface area contributed by atoms with Crippen LogP contribution in [0.3, 0.4) is 0 Å². The summed E-state index contributed by atoms with van der Waals surface area (Å²) >= 11 is 0. The number of allylic oxidation sites excluding steroid dienone is 1. The molecule has 0 bridgehead atoms. The summed E-state index contributed by atoms with van der Waals surface area (Å²) in [6, 6.07) is 0. The molecule has 0 fully saturated rings. The Hall–Kier alpha value is 0.414. The largest absolute Gasteiger partial charge is 0.396 e. The van der Waals surface area contributed by atoms with Gasteiger partial charge in [0.25, 0.3) is 0 Å². The van der Waals surface area contributed by atoms with E-state index in [1.807, 2.05) is 6.92 Å². The Kier molecular flexibility index (Phi) is 38.2. The zero-order valence-electron chi connectivity index (χ0n) is 7.06. The molecule has 2 heteroatoms. The molecule has 0 saturated carbocycles. The van der Waals surface area contributed by atoms with Crippen molar-refractivity contribution in [1.82, 2.24) is 0 Å². The first-order valence-electron chi connectivity index (χ1n) is 3.51. The SMILES string of the molecule is C=CC.CCCCCO.[Ti]. The van der Waals surface area contributed by atoms with Crippen LogP contribution in [-0.2, 0) is 21.7 Å². The van der Waals surface area contributed by atoms with Crippen molar-refractivity contribution in [3.05, 3.63) is 12.7 Å². The molecule has 1 N–H and O–H groups in total. The van der Waals surface area contributed by atoms with Gasteiger partial charge in [0.05, 0.1) is 0 Å². The molecule has 1 nitrogen and oxygen atoms in total. The minimum atomic E-state index is 0. The van der Waals surface area contributed by atoms with Gasteiger partial charge in [-0.05, 0) is 13.3 Å². The van der Waals surface area contributed by atoms with E-state index in [1.54, 1.807) is 6.08 Å². The summed E-state index contributed by atoms with van der Waals surface area (Å²) in [5.74, 6) is 0. The molecule has 0 aromatic rings. The summed E-state index contributed by atoms with van der Waals surface area (Å²) in [4.78, 5) is 0. The van der Waals surface area contributed by atoms with Gasteiger partial charge in [-0.15, -0.1) is 6.58 Å². The number of aliphatic hydroxyl groups is 1. The van der Waals surface area contributed by atoms with Gasteiger partial charge in [-0.1, -0.05) is 25.8 Å². The van der Waals surface area contributed by atoms with Gasteiger partial charge in [0, 0.05) is 28.3 Å². The third-order valence-corrected chi connectivity index (χ3v) is 0.762. The van der Waals surface area contributed by atoms with Gasteiger partial charge >= 0.3 is 0 Å². The molecule has 0 saturated heterocycles. The van der Waals surface area contributed by atoms with Crippen molar-refractivity contribution >= 4 is 0 Å². The van der Waals surface area contributed by atoms with E-state index >= 15 is 0 Å². The second-order valence-corrected chi connectivity index (χ2v) is 1.84. The average molecular weight is 178 g/mol. The number of unbranched alkanes of at least 4 members (excludes halogenated alkanes) is 2. The van der Waals surface area contributed by atoms with Crippen LogP contribution < -0.4 is 0 Å². The maximum absolute atomic E-state index is 8.20. The van der Waals surface area contributed by atoms with Crippen molar-refractivity contribution in [2.24, 2.45) is 0 Å². The fraction of sp³-hybridized carbons (Fsp3) is 0.750. The average Bonchev–Trinajstić information content (AvgIpc) is 1.86. The maximum atomic E-state index is 8.20. The second-order valence-electron chi connectivity index (χ2n) is 1.84. The van der Waals surface area contributed by atoms with Crippen LogP contribution in [0, 0.1) is 0 Å². The predicted octanol–water partition coefficient (Wildman–Crippen LogP) is 2.36. The van der Waals surface area contributed by atoms with Crippen LogP contribution in [-0.4, -0.2) is 11.7 Å². The molecule has 60 valence electrons. The molecule has 0 atom stereocenters. The first kappa shape index (κ1) is 16.8. The standard InChI is InChI=1S/C5H12O.C3H6.Ti/c1-2-3-4-5-6;1-3-2;/h6H,2-5H2,1H3;3H,1H2,2H3;. The van der Waals surface area contributed by atoms with Crippen LogP contribution in [0.15, 0.2) is 12.7 Å². The van der Waals surface area contributed by atoms with E-state index < -0.39 is 0 Å². The molecule has 0 spiro atoms. The molecule has 0 aliphatic heterocycles. The molecule has 0 aromatic carbocycles. The van der Waals surface area contributed by atoms with E-state index in [2.05, 4.69) is 13.5 Å². The van der Waals surface area contributed by atoms with E-state index in [1.165, 1.54) is 6.42 Å². The predicted molar refractivity (Wildman–Crippen MR) is 42.5 cm³/mol. The van der Waals surface area contributed by atoms with Crippen molar-refractivity contribution in [2.45, 2.75) is 33.1 Å². The molecular weight excluding hydrogens is 160 g/mol. The zero-order valence-corrected chi connectivity index (χ0v) is 8.62. The summed E-state index contributed by atoms with van der Waals surface area (Å²) in [5.41, 5.74) is 0. The van der Waals surface area contributed by atoms with Gasteiger partial charge in [0.1, 0.15) is 0 Å². The van der Waals surface area contributed by atoms with E-state index in [0.717, 1.165) is 12.8 Å². The molecule has 0 unspecified atom stereocenters. The van der Waals surface area contributed by atoms with E-state index in [0.29, 0.717) is 6.61 Å². The number of hydrogen-bond acceptors (Lipinski definition) is 1. The summed E-state index contributed by atoms with van der Waals surface area (Å²) < 4.78 is 0. The Morgan fingerprint density at radius 1 is 1.40 bits per heavy atom. The smallest absolute Gasteiger partial charge is 0.0431 e. The monoisotopic (exact) mass is 178 g/mol. The van der Waals surface area contributed by atoms with E-state index in [4.69, 9.17) is 5.11 Å². The summed E-state index contributed by atoms with van der Waals surface area (Å²) in [7, 11) is 0. The first-order chi connectivity index (χ1) is 4.33. The Labute approximate surface area is 79.4 Å². The van der Waals surface area contributed by atoms with Crippen LogP contribution in [0.25, 0.3) is 0 Å². The van der Waals surface area contributed by atoms with Crippen LogP contribution >= 0.6 is 0 Å². The quantitative estimate of drug-likeness (QED) is 0.399. The van der Waals surface area contributed by atoms with Crippen LogP contribution in [0.2, 0.25) is 0 Å². The number of aliphatic hydroxyl groups excluding tert-OH is 1. The molecule has 0 amide bonds. The Morgan fingerprint density at radius 3 is 1.90 bits per heavy atom. The fourth-order valence-electron chi connectivity index (χ4n) is 0.362. The van der Waals surface area contributed by atoms with Gasteiger partial charge in [-0.3, -0.25) is 0 Å². The summed E-state index contributed by atoms with van der Waals surface area (Å²) in [6.45, 7) is 7.73. The maximum Gasteiger partial charge on any atom is 0.0431 e. The number of hydrogen-bond donors (Lipinski definition) is 1. The van der Waals surface area contributed by atoms with Crippen molar-refractivity contribution in [1.29, 1.82) is 0 Å². The third kappa shape index (κ3) is 39.7. The molecule has 0 heterocycles. The van der Waals surface area contributed by atoms with Crippen LogP contribution in [0.5, 0.6) is 0 Å². The third-order valence-electron chi connectivity index (χ3n) is 0.762. The Bertz CT molecular complexity index is 42.5. The van der Waals surface area contributed by atoms with E-state index in [9.17, 15) is 0 Å². The fourth-order valence-corrected chi connectivity index (χ4v) is 0.362. The summed E-state index contributed by atoms with van der Waals surface area (Å²) in [5, 5.41) is 8.20.